The van der Waals surface area contributed by atoms with E-state index in [-0.39, 0.29) is 11.9 Å². The molecule has 0 unspecified atom stereocenters. The van der Waals surface area contributed by atoms with Gasteiger partial charge in [-0.3, -0.25) is 4.79 Å². The summed E-state index contributed by atoms with van der Waals surface area (Å²) in [4.78, 5) is 15.4. The van der Waals surface area contributed by atoms with E-state index in [0.717, 1.165) is 54.0 Å². The Bertz CT molecular complexity index is 962. The Balaban J connectivity index is 1.69. The Morgan fingerprint density at radius 3 is 2.65 bits per heavy atom. The van der Waals surface area contributed by atoms with Gasteiger partial charge < -0.3 is 33.7 Å². The van der Waals surface area contributed by atoms with Crippen LogP contribution in [-0.4, -0.2) is 75.2 Å². The molecular weight excluding hydrogens is 438 g/mol. The lowest BCUT2D eigenvalue weighted by Crippen LogP contribution is -2.49. The Morgan fingerprint density at radius 1 is 1.21 bits per heavy atom. The number of amides is 1. The number of methoxy groups -OCH3 is 2. The molecule has 1 aliphatic carbocycles. The van der Waals surface area contributed by atoms with Gasteiger partial charge in [-0.15, -0.1) is 0 Å². The normalized spacial score (nSPS) is 18.1. The van der Waals surface area contributed by atoms with Gasteiger partial charge in [0.2, 0.25) is 0 Å². The Hall–Kier alpha value is -2.62. The first-order valence-electron chi connectivity index (χ1n) is 11.9. The lowest BCUT2D eigenvalue weighted by atomic mass is 9.96. The summed E-state index contributed by atoms with van der Waals surface area (Å²) in [6, 6.07) is 4.17. The van der Waals surface area contributed by atoms with Gasteiger partial charge in [0.05, 0.1) is 26.0 Å². The summed E-state index contributed by atoms with van der Waals surface area (Å²) in [5.74, 6) is 2.01. The number of morpholine rings is 1. The van der Waals surface area contributed by atoms with Crippen LogP contribution in [0, 0.1) is 13.8 Å². The molecule has 2 aromatic rings. The quantitative estimate of drug-likeness (QED) is 0.498. The average molecular weight is 474 g/mol. The van der Waals surface area contributed by atoms with Crippen LogP contribution in [0.3, 0.4) is 0 Å². The standard InChI is InChI=1S/C25H35N3O6/c1-16-24(17(2)34-27-16)20-13-21(31-4)22(32-10-5-9-30-3)12-18(20)15-28(19-6-7-19)25(29)23-14-26-8-11-33-23/h12-13,19,23,26H,5-11,14-15H2,1-4H3/t23-/m1/s1. The van der Waals surface area contributed by atoms with Gasteiger partial charge in [-0.1, -0.05) is 5.16 Å². The van der Waals surface area contributed by atoms with Crippen molar-refractivity contribution in [1.29, 1.82) is 0 Å². The van der Waals surface area contributed by atoms with Crippen molar-refractivity contribution in [2.75, 3.05) is 47.1 Å². The third kappa shape index (κ3) is 5.54. The maximum Gasteiger partial charge on any atom is 0.253 e. The van der Waals surface area contributed by atoms with Crippen molar-refractivity contribution in [1.82, 2.24) is 15.4 Å². The predicted octanol–water partition coefficient (Wildman–Crippen LogP) is 2.86. The first-order valence-corrected chi connectivity index (χ1v) is 11.9. The molecule has 0 radical (unpaired) electrons. The number of rotatable bonds is 11. The molecule has 1 saturated heterocycles. The average Bonchev–Trinajstić information content (AvgIpc) is 3.64. The molecule has 34 heavy (non-hydrogen) atoms. The minimum atomic E-state index is -0.458. The van der Waals surface area contributed by atoms with Crippen LogP contribution in [0.5, 0.6) is 11.5 Å². The molecule has 9 heteroatoms. The number of hydrogen-bond acceptors (Lipinski definition) is 8. The van der Waals surface area contributed by atoms with Crippen molar-refractivity contribution in [3.05, 3.63) is 29.2 Å². The molecule has 0 spiro atoms. The van der Waals surface area contributed by atoms with Crippen LogP contribution in [0.2, 0.25) is 0 Å². The van der Waals surface area contributed by atoms with Gasteiger partial charge in [-0.05, 0) is 49.9 Å². The predicted molar refractivity (Wildman–Crippen MR) is 126 cm³/mol. The molecule has 1 aromatic carbocycles. The first-order chi connectivity index (χ1) is 16.5. The fourth-order valence-corrected chi connectivity index (χ4v) is 4.36. The summed E-state index contributed by atoms with van der Waals surface area (Å²) in [6.45, 7) is 7.23. The molecule has 2 aliphatic rings. The first kappa shape index (κ1) is 24.5. The van der Waals surface area contributed by atoms with Gasteiger partial charge in [-0.2, -0.15) is 0 Å². The van der Waals surface area contributed by atoms with E-state index in [1.165, 1.54) is 0 Å². The molecule has 1 N–H and O–H groups in total. The van der Waals surface area contributed by atoms with Crippen molar-refractivity contribution in [2.24, 2.45) is 0 Å². The van der Waals surface area contributed by atoms with E-state index in [1.807, 2.05) is 30.9 Å². The van der Waals surface area contributed by atoms with Crippen LogP contribution in [0.15, 0.2) is 16.7 Å². The molecule has 1 amide bonds. The molecule has 4 rings (SSSR count). The highest BCUT2D eigenvalue weighted by atomic mass is 16.5. The van der Waals surface area contributed by atoms with Crippen LogP contribution in [0.25, 0.3) is 11.1 Å². The van der Waals surface area contributed by atoms with Crippen molar-refractivity contribution < 1.29 is 28.3 Å². The third-order valence-electron chi connectivity index (χ3n) is 6.26. The summed E-state index contributed by atoms with van der Waals surface area (Å²) >= 11 is 0. The molecule has 1 aromatic heterocycles. The van der Waals surface area contributed by atoms with Crippen LogP contribution < -0.4 is 14.8 Å². The Kier molecular flexibility index (Phi) is 8.07. The number of carbonyl (C=O) groups excluding carboxylic acids is 1. The van der Waals surface area contributed by atoms with E-state index < -0.39 is 6.10 Å². The van der Waals surface area contributed by atoms with Crippen molar-refractivity contribution in [3.63, 3.8) is 0 Å². The number of benzene rings is 1. The lowest BCUT2D eigenvalue weighted by molar-refractivity contribution is -0.146. The smallest absolute Gasteiger partial charge is 0.253 e. The Morgan fingerprint density at radius 2 is 2.03 bits per heavy atom. The molecule has 1 atom stereocenters. The van der Waals surface area contributed by atoms with Crippen molar-refractivity contribution in [3.8, 4) is 22.6 Å². The molecule has 186 valence electrons. The van der Waals surface area contributed by atoms with Crippen LogP contribution in [0.4, 0.5) is 0 Å². The third-order valence-corrected chi connectivity index (χ3v) is 6.26. The van der Waals surface area contributed by atoms with E-state index in [9.17, 15) is 4.79 Å². The summed E-state index contributed by atoms with van der Waals surface area (Å²) in [5.41, 5.74) is 3.59. The maximum atomic E-state index is 13.4. The maximum absolute atomic E-state index is 13.4. The highest BCUT2D eigenvalue weighted by Gasteiger charge is 2.37. The number of carbonyl (C=O) groups is 1. The minimum Gasteiger partial charge on any atom is -0.493 e. The van der Waals surface area contributed by atoms with Crippen molar-refractivity contribution >= 4 is 5.91 Å². The number of nitrogens with zero attached hydrogens (tertiary/aromatic N) is 2. The number of aryl methyl sites for hydroxylation is 2. The van der Waals surface area contributed by atoms with E-state index in [2.05, 4.69) is 10.5 Å². The number of hydrogen-bond donors (Lipinski definition) is 1. The highest BCUT2D eigenvalue weighted by Crippen LogP contribution is 2.40. The minimum absolute atomic E-state index is 0.0257. The SMILES string of the molecule is COCCCOc1cc(CN(C(=O)[C@H]2CNCCO2)C2CC2)c(-c2c(C)noc2C)cc1OC. The van der Waals surface area contributed by atoms with E-state index in [4.69, 9.17) is 23.5 Å². The fraction of sp³-hybridized carbons (Fsp3) is 0.600. The second-order valence-corrected chi connectivity index (χ2v) is 8.82. The second-order valence-electron chi connectivity index (χ2n) is 8.82. The zero-order chi connectivity index (χ0) is 24.1. The molecule has 1 aliphatic heterocycles. The number of aromatic nitrogens is 1. The van der Waals surface area contributed by atoms with Gasteiger partial charge in [0.15, 0.2) is 11.5 Å². The second kappa shape index (κ2) is 11.2. The summed E-state index contributed by atoms with van der Waals surface area (Å²) in [7, 11) is 3.30. The van der Waals surface area contributed by atoms with E-state index in [1.54, 1.807) is 14.2 Å². The molecule has 2 fully saturated rings. The highest BCUT2D eigenvalue weighted by molar-refractivity contribution is 5.83. The summed E-state index contributed by atoms with van der Waals surface area (Å²) in [5, 5.41) is 7.41. The molecule has 2 heterocycles. The van der Waals surface area contributed by atoms with Gasteiger partial charge in [-0.25, -0.2) is 0 Å². The van der Waals surface area contributed by atoms with Gasteiger partial charge in [0, 0.05) is 51.4 Å². The largest absolute Gasteiger partial charge is 0.493 e. The monoisotopic (exact) mass is 473 g/mol. The van der Waals surface area contributed by atoms with Gasteiger partial charge >= 0.3 is 0 Å². The molecule has 0 bridgehead atoms. The zero-order valence-corrected chi connectivity index (χ0v) is 20.5. The summed E-state index contributed by atoms with van der Waals surface area (Å²) in [6.07, 6.45) is 2.31. The Labute approximate surface area is 200 Å². The fourth-order valence-electron chi connectivity index (χ4n) is 4.36. The number of nitrogens with one attached hydrogen (secondary N) is 1. The number of ether oxygens (including phenoxy) is 4. The van der Waals surface area contributed by atoms with Crippen LogP contribution in [-0.2, 0) is 20.8 Å². The molecule has 1 saturated carbocycles. The van der Waals surface area contributed by atoms with Gasteiger partial charge in [0.25, 0.3) is 5.91 Å². The molecular formula is C25H35N3O6. The zero-order valence-electron chi connectivity index (χ0n) is 20.5. The van der Waals surface area contributed by atoms with Gasteiger partial charge in [0.1, 0.15) is 11.9 Å². The van der Waals surface area contributed by atoms with Crippen LogP contribution in [0.1, 0.15) is 36.3 Å². The van der Waals surface area contributed by atoms with E-state index >= 15 is 0 Å². The molecule has 9 nitrogen and oxygen atoms in total. The lowest BCUT2D eigenvalue weighted by Gasteiger charge is -2.30. The van der Waals surface area contributed by atoms with Crippen LogP contribution >= 0.6 is 0 Å². The topological polar surface area (TPSA) is 95.3 Å². The van der Waals surface area contributed by atoms with Crippen molar-refractivity contribution in [2.45, 2.75) is 51.8 Å². The van der Waals surface area contributed by atoms with E-state index in [0.29, 0.717) is 44.4 Å². The summed E-state index contributed by atoms with van der Waals surface area (Å²) < 4.78 is 28.1.